The average molecular weight is 225 g/mol. The number of aliphatic hydroxyl groups excluding tert-OH is 1. The molecule has 8 heavy (non-hydrogen) atoms. The van der Waals surface area contributed by atoms with Crippen LogP contribution in [0.4, 0.5) is 0 Å². The molecule has 0 aliphatic heterocycles. The Balaban J connectivity index is 0. The summed E-state index contributed by atoms with van der Waals surface area (Å²) in [5, 5.41) is 16.2. The van der Waals surface area contributed by atoms with E-state index in [2.05, 4.69) is 0 Å². The van der Waals surface area contributed by atoms with Crippen molar-refractivity contribution in [3.05, 3.63) is 0 Å². The predicted octanol–water partition coefficient (Wildman–Crippen LogP) is -0.402. The summed E-state index contributed by atoms with van der Waals surface area (Å²) in [7, 11) is 0. The van der Waals surface area contributed by atoms with E-state index in [1.807, 2.05) is 6.92 Å². The molecular weight excluding hydrogens is 215 g/mol. The van der Waals surface area contributed by atoms with Gasteiger partial charge in [-0.05, 0) is 6.42 Å². The van der Waals surface area contributed by atoms with Gasteiger partial charge in [0.15, 0.2) is 6.29 Å². The first-order valence-corrected chi connectivity index (χ1v) is 3.50. The number of rotatable bonds is 2. The van der Waals surface area contributed by atoms with Gasteiger partial charge in [0, 0.05) is 0 Å². The second kappa shape index (κ2) is 10.5. The summed E-state index contributed by atoms with van der Waals surface area (Å²) < 4.78 is 8.34. The third-order valence-corrected chi connectivity index (χ3v) is 0.547. The van der Waals surface area contributed by atoms with E-state index < -0.39 is 6.29 Å². The molecular formula is C4H10O3Sn. The van der Waals surface area contributed by atoms with Crippen LogP contribution in [-0.4, -0.2) is 39.0 Å². The Kier molecular flexibility index (Phi) is 14.9. The Morgan fingerprint density at radius 2 is 1.88 bits per heavy atom. The second-order valence-electron chi connectivity index (χ2n) is 1.27. The molecule has 0 aliphatic rings. The monoisotopic (exact) mass is 226 g/mol. The van der Waals surface area contributed by atoms with E-state index in [4.69, 9.17) is 13.3 Å². The Hall–Kier alpha value is 0.519. The van der Waals surface area contributed by atoms with E-state index in [0.717, 1.165) is 6.42 Å². The molecule has 0 atom stereocenters. The Morgan fingerprint density at radius 3 is 1.88 bits per heavy atom. The first-order valence-electron chi connectivity index (χ1n) is 2.34. The summed E-state index contributed by atoms with van der Waals surface area (Å²) in [5.41, 5.74) is 0. The predicted molar refractivity (Wildman–Crippen MR) is 29.6 cm³/mol. The van der Waals surface area contributed by atoms with Gasteiger partial charge in [0.25, 0.3) is 0 Å². The van der Waals surface area contributed by atoms with Gasteiger partial charge in [0.2, 0.25) is 0 Å². The SMILES string of the molecule is CCCC(O)O.[O]=[Sn]. The molecule has 0 aromatic heterocycles. The van der Waals surface area contributed by atoms with Crippen molar-refractivity contribution < 1.29 is 13.3 Å². The van der Waals surface area contributed by atoms with E-state index >= 15 is 0 Å². The van der Waals surface area contributed by atoms with Crippen molar-refractivity contribution >= 4 is 22.5 Å². The van der Waals surface area contributed by atoms with Crippen LogP contribution in [0.5, 0.6) is 0 Å². The molecule has 0 amide bonds. The van der Waals surface area contributed by atoms with Gasteiger partial charge in [-0.1, -0.05) is 13.3 Å². The molecule has 3 nitrogen and oxygen atoms in total. The first kappa shape index (κ1) is 11.3. The van der Waals surface area contributed by atoms with Crippen LogP contribution in [0.2, 0.25) is 0 Å². The molecule has 0 fully saturated rings. The fourth-order valence-electron chi connectivity index (χ4n) is 0.258. The standard InChI is InChI=1S/C4H10O2.O.Sn/c1-2-3-4(5)6;;/h4-6H,2-3H2,1H3;;. The first-order chi connectivity index (χ1) is 3.77. The minimum atomic E-state index is -1.10. The van der Waals surface area contributed by atoms with Crippen molar-refractivity contribution in [3.8, 4) is 0 Å². The third-order valence-electron chi connectivity index (χ3n) is 0.547. The Labute approximate surface area is 62.2 Å². The summed E-state index contributed by atoms with van der Waals surface area (Å²) >= 11 is 0.300. The zero-order chi connectivity index (χ0) is 6.99. The van der Waals surface area contributed by atoms with Crippen molar-refractivity contribution in [3.63, 3.8) is 0 Å². The van der Waals surface area contributed by atoms with Crippen LogP contribution < -0.4 is 0 Å². The van der Waals surface area contributed by atoms with Crippen molar-refractivity contribution in [1.82, 2.24) is 0 Å². The quantitative estimate of drug-likeness (QED) is 0.496. The zero-order valence-corrected chi connectivity index (χ0v) is 7.65. The molecule has 0 rings (SSSR count). The summed E-state index contributed by atoms with van der Waals surface area (Å²) in [6.45, 7) is 1.90. The van der Waals surface area contributed by atoms with Crippen molar-refractivity contribution in [1.29, 1.82) is 0 Å². The number of aliphatic hydroxyl groups is 2. The molecule has 0 heterocycles. The molecule has 0 unspecified atom stereocenters. The third kappa shape index (κ3) is 16.0. The Morgan fingerprint density at radius 1 is 1.50 bits per heavy atom. The normalized spacial score (nSPS) is 8.00. The Bertz CT molecular complexity index is 40.3. The molecule has 0 spiro atoms. The molecule has 0 aromatic rings. The summed E-state index contributed by atoms with van der Waals surface area (Å²) in [6, 6.07) is 0. The molecule has 4 heteroatoms. The van der Waals surface area contributed by atoms with Gasteiger partial charge in [-0.2, -0.15) is 0 Å². The maximum absolute atomic E-state index is 8.34. The van der Waals surface area contributed by atoms with Gasteiger partial charge < -0.3 is 10.2 Å². The maximum atomic E-state index is 8.34. The number of hydrogen-bond donors (Lipinski definition) is 2. The molecule has 0 saturated heterocycles. The van der Waals surface area contributed by atoms with Gasteiger partial charge in [-0.15, -0.1) is 0 Å². The van der Waals surface area contributed by atoms with Crippen molar-refractivity contribution in [2.45, 2.75) is 26.1 Å². The number of hydrogen-bond acceptors (Lipinski definition) is 3. The van der Waals surface area contributed by atoms with Crippen molar-refractivity contribution in [2.24, 2.45) is 0 Å². The summed E-state index contributed by atoms with van der Waals surface area (Å²) in [4.78, 5) is 0. The fourth-order valence-corrected chi connectivity index (χ4v) is 0.258. The van der Waals surface area contributed by atoms with Gasteiger partial charge in [0.05, 0.1) is 0 Å². The summed E-state index contributed by atoms with van der Waals surface area (Å²) in [5.74, 6) is 0. The zero-order valence-electron chi connectivity index (χ0n) is 4.79. The molecule has 0 aliphatic carbocycles. The van der Waals surface area contributed by atoms with Crippen LogP contribution in [0, 0.1) is 0 Å². The molecule has 2 radical (unpaired) electrons. The average Bonchev–Trinajstić information content (AvgIpc) is 1.72. The van der Waals surface area contributed by atoms with Crippen LogP contribution in [0.25, 0.3) is 0 Å². The minimum absolute atomic E-state index is 0.300. The molecule has 0 aromatic carbocycles. The van der Waals surface area contributed by atoms with Gasteiger partial charge in [-0.25, -0.2) is 0 Å². The van der Waals surface area contributed by atoms with E-state index in [0.29, 0.717) is 28.9 Å². The summed E-state index contributed by atoms with van der Waals surface area (Å²) in [6.07, 6.45) is 0.215. The molecule has 48 valence electrons. The topological polar surface area (TPSA) is 57.5 Å². The van der Waals surface area contributed by atoms with Gasteiger partial charge >= 0.3 is 25.6 Å². The van der Waals surface area contributed by atoms with Gasteiger partial charge in [0.1, 0.15) is 0 Å². The van der Waals surface area contributed by atoms with Gasteiger partial charge in [-0.3, -0.25) is 0 Å². The van der Waals surface area contributed by atoms with Crippen LogP contribution >= 0.6 is 0 Å². The molecule has 0 saturated carbocycles. The van der Waals surface area contributed by atoms with Crippen LogP contribution in [0.1, 0.15) is 19.8 Å². The van der Waals surface area contributed by atoms with E-state index in [1.165, 1.54) is 0 Å². The fraction of sp³-hybridized carbons (Fsp3) is 1.00. The van der Waals surface area contributed by atoms with E-state index in [1.54, 1.807) is 0 Å². The van der Waals surface area contributed by atoms with E-state index in [-0.39, 0.29) is 0 Å². The second-order valence-corrected chi connectivity index (χ2v) is 1.27. The van der Waals surface area contributed by atoms with E-state index in [9.17, 15) is 0 Å². The molecule has 0 bridgehead atoms. The van der Waals surface area contributed by atoms with Crippen LogP contribution in [0.3, 0.4) is 0 Å². The van der Waals surface area contributed by atoms with Crippen molar-refractivity contribution in [2.75, 3.05) is 0 Å². The molecule has 2 N–H and O–H groups in total. The van der Waals surface area contributed by atoms with Crippen LogP contribution in [0.15, 0.2) is 0 Å². The van der Waals surface area contributed by atoms with Crippen LogP contribution in [-0.2, 0) is 3.08 Å².